The Labute approximate surface area is 112 Å². The van der Waals surface area contributed by atoms with Crippen molar-refractivity contribution in [3.63, 3.8) is 0 Å². The number of hydrogen-bond donors (Lipinski definition) is 1. The highest BCUT2D eigenvalue weighted by molar-refractivity contribution is 7.80. The van der Waals surface area contributed by atoms with E-state index in [4.69, 9.17) is 0 Å². The molecule has 0 aliphatic heterocycles. The normalized spacial score (nSPS) is 11.9. The molecule has 0 atom stereocenters. The molecule has 0 aliphatic carbocycles. The van der Waals surface area contributed by atoms with Crippen LogP contribution in [0, 0.1) is 0 Å². The fraction of sp³-hybridized carbons (Fsp3) is 0.909. The summed E-state index contributed by atoms with van der Waals surface area (Å²) in [4.78, 5) is 13.7. The summed E-state index contributed by atoms with van der Waals surface area (Å²) >= 11 is 4.11. The molecule has 7 heteroatoms. The third-order valence-electron chi connectivity index (χ3n) is 2.58. The Morgan fingerprint density at radius 2 is 1.78 bits per heavy atom. The molecular formula is C11H21F3N2OS. The van der Waals surface area contributed by atoms with Crippen LogP contribution in [0.5, 0.6) is 0 Å². The Morgan fingerprint density at radius 1 is 1.17 bits per heavy atom. The van der Waals surface area contributed by atoms with Gasteiger partial charge in [0.25, 0.3) is 0 Å². The highest BCUT2D eigenvalue weighted by Crippen LogP contribution is 2.17. The molecule has 0 aliphatic rings. The number of carbonyl (C=O) groups is 1. The predicted molar refractivity (Wildman–Crippen MR) is 68.9 cm³/mol. The van der Waals surface area contributed by atoms with Gasteiger partial charge in [0.15, 0.2) is 0 Å². The van der Waals surface area contributed by atoms with E-state index in [0.29, 0.717) is 12.3 Å². The lowest BCUT2D eigenvalue weighted by atomic mass is 10.3. The minimum atomic E-state index is -4.79. The molecule has 0 radical (unpaired) electrons. The quantitative estimate of drug-likeness (QED) is 0.690. The maximum Gasteiger partial charge on any atom is 0.471 e. The molecule has 1 amide bonds. The third kappa shape index (κ3) is 7.10. The summed E-state index contributed by atoms with van der Waals surface area (Å²) in [7, 11) is 1.18. The smallest absolute Gasteiger partial charge is 0.337 e. The molecule has 0 aromatic rings. The van der Waals surface area contributed by atoms with E-state index in [2.05, 4.69) is 19.6 Å². The van der Waals surface area contributed by atoms with Gasteiger partial charge in [-0.25, -0.2) is 0 Å². The minimum Gasteiger partial charge on any atom is -0.337 e. The molecule has 0 rings (SSSR count). The summed E-state index contributed by atoms with van der Waals surface area (Å²) in [5.41, 5.74) is 0. The van der Waals surface area contributed by atoms with E-state index in [1.54, 1.807) is 0 Å². The Balaban J connectivity index is 4.13. The van der Waals surface area contributed by atoms with Gasteiger partial charge in [0.05, 0.1) is 0 Å². The van der Waals surface area contributed by atoms with E-state index in [1.807, 2.05) is 4.90 Å². The number of thiol groups is 1. The number of alkyl halides is 3. The van der Waals surface area contributed by atoms with Crippen molar-refractivity contribution in [1.29, 1.82) is 0 Å². The second-order valence-corrected chi connectivity index (χ2v) is 4.59. The van der Waals surface area contributed by atoms with E-state index in [9.17, 15) is 18.0 Å². The summed E-state index contributed by atoms with van der Waals surface area (Å²) in [6.45, 7) is 4.12. The lowest BCUT2D eigenvalue weighted by Crippen LogP contribution is -2.43. The highest BCUT2D eigenvalue weighted by atomic mass is 32.1. The van der Waals surface area contributed by atoms with Gasteiger partial charge < -0.3 is 9.80 Å². The Bertz CT molecular complexity index is 249. The number of nitrogens with zero attached hydrogens (tertiary/aromatic N) is 2. The molecule has 0 spiro atoms. The first-order valence-corrected chi connectivity index (χ1v) is 6.61. The maximum absolute atomic E-state index is 12.2. The molecular weight excluding hydrogens is 265 g/mol. The molecule has 0 saturated carbocycles. The monoisotopic (exact) mass is 286 g/mol. The van der Waals surface area contributed by atoms with E-state index < -0.39 is 12.1 Å². The van der Waals surface area contributed by atoms with Crippen molar-refractivity contribution < 1.29 is 18.0 Å². The standard InChI is InChI=1S/C11H21F3N2OS/c1-3-4-5-16(8-9-18)7-6-15(2)10(17)11(12,13)14/h18H,3-9H2,1-2H3. The van der Waals surface area contributed by atoms with Crippen LogP contribution in [0.3, 0.4) is 0 Å². The van der Waals surface area contributed by atoms with Gasteiger partial charge in [-0.2, -0.15) is 25.8 Å². The van der Waals surface area contributed by atoms with Gasteiger partial charge in [0.2, 0.25) is 0 Å². The minimum absolute atomic E-state index is 0.0792. The van der Waals surface area contributed by atoms with E-state index in [-0.39, 0.29) is 6.54 Å². The molecule has 108 valence electrons. The van der Waals surface area contributed by atoms with Gasteiger partial charge in [-0.1, -0.05) is 13.3 Å². The summed E-state index contributed by atoms with van der Waals surface area (Å²) in [6, 6.07) is 0. The van der Waals surface area contributed by atoms with Crippen LogP contribution in [0.4, 0.5) is 13.2 Å². The number of halogens is 3. The van der Waals surface area contributed by atoms with Crippen LogP contribution < -0.4 is 0 Å². The number of carbonyl (C=O) groups excluding carboxylic acids is 1. The lowest BCUT2D eigenvalue weighted by molar-refractivity contribution is -0.184. The van der Waals surface area contributed by atoms with Gasteiger partial charge >= 0.3 is 12.1 Å². The predicted octanol–water partition coefficient (Wildman–Crippen LogP) is 2.04. The zero-order valence-corrected chi connectivity index (χ0v) is 11.7. The SMILES string of the molecule is CCCCN(CCS)CCN(C)C(=O)C(F)(F)F. The summed E-state index contributed by atoms with van der Waals surface area (Å²) < 4.78 is 36.5. The van der Waals surface area contributed by atoms with Crippen LogP contribution >= 0.6 is 12.6 Å². The fourth-order valence-corrected chi connectivity index (χ4v) is 1.75. The zero-order chi connectivity index (χ0) is 14.2. The molecule has 0 aromatic heterocycles. The fourth-order valence-electron chi connectivity index (χ4n) is 1.47. The van der Waals surface area contributed by atoms with Crippen molar-refractivity contribution in [2.75, 3.05) is 39.0 Å². The van der Waals surface area contributed by atoms with Gasteiger partial charge in [-0.3, -0.25) is 4.79 Å². The lowest BCUT2D eigenvalue weighted by Gasteiger charge is -2.25. The van der Waals surface area contributed by atoms with E-state index >= 15 is 0 Å². The average Bonchev–Trinajstić information content (AvgIpc) is 2.30. The molecule has 18 heavy (non-hydrogen) atoms. The Hall–Kier alpha value is -0.430. The molecule has 0 saturated heterocycles. The number of likely N-dealkylation sites (N-methyl/N-ethyl adjacent to an activating group) is 1. The van der Waals surface area contributed by atoms with Gasteiger partial charge in [-0.05, 0) is 13.0 Å². The van der Waals surface area contributed by atoms with Crippen molar-refractivity contribution >= 4 is 18.5 Å². The third-order valence-corrected chi connectivity index (χ3v) is 2.78. The first-order valence-electron chi connectivity index (χ1n) is 5.98. The van der Waals surface area contributed by atoms with Crippen LogP contribution in [0.1, 0.15) is 19.8 Å². The highest BCUT2D eigenvalue weighted by Gasteiger charge is 2.41. The van der Waals surface area contributed by atoms with Crippen molar-refractivity contribution in [1.82, 2.24) is 9.80 Å². The first-order chi connectivity index (χ1) is 8.32. The van der Waals surface area contributed by atoms with Crippen molar-refractivity contribution in [3.8, 4) is 0 Å². The second-order valence-electron chi connectivity index (χ2n) is 4.14. The topological polar surface area (TPSA) is 23.6 Å². The molecule has 0 fully saturated rings. The van der Waals surface area contributed by atoms with Crippen LogP contribution in [0.15, 0.2) is 0 Å². The van der Waals surface area contributed by atoms with Crippen molar-refractivity contribution in [3.05, 3.63) is 0 Å². The summed E-state index contributed by atoms with van der Waals surface area (Å²) in [5.74, 6) is -1.13. The molecule has 3 nitrogen and oxygen atoms in total. The number of amides is 1. The number of unbranched alkanes of at least 4 members (excludes halogenated alkanes) is 1. The first kappa shape index (κ1) is 17.6. The molecule has 0 unspecified atom stereocenters. The van der Waals surface area contributed by atoms with E-state index in [1.165, 1.54) is 7.05 Å². The average molecular weight is 286 g/mol. The van der Waals surface area contributed by atoms with E-state index in [0.717, 1.165) is 30.8 Å². The van der Waals surface area contributed by atoms with Crippen LogP contribution in [0.25, 0.3) is 0 Å². The van der Waals surface area contributed by atoms with Gasteiger partial charge in [-0.15, -0.1) is 0 Å². The largest absolute Gasteiger partial charge is 0.471 e. The summed E-state index contributed by atoms with van der Waals surface area (Å²) in [5, 5.41) is 0. The number of rotatable bonds is 8. The second kappa shape index (κ2) is 8.63. The van der Waals surface area contributed by atoms with Gasteiger partial charge in [0, 0.05) is 32.4 Å². The summed E-state index contributed by atoms with van der Waals surface area (Å²) in [6.07, 6.45) is -2.77. The van der Waals surface area contributed by atoms with Crippen LogP contribution in [-0.4, -0.2) is 60.9 Å². The Kier molecular flexibility index (Phi) is 8.43. The maximum atomic E-state index is 12.2. The molecule has 0 bridgehead atoms. The molecule has 0 N–H and O–H groups in total. The van der Waals surface area contributed by atoms with Gasteiger partial charge in [0.1, 0.15) is 0 Å². The van der Waals surface area contributed by atoms with Crippen LogP contribution in [-0.2, 0) is 4.79 Å². The Morgan fingerprint density at radius 3 is 2.22 bits per heavy atom. The zero-order valence-electron chi connectivity index (χ0n) is 10.8. The van der Waals surface area contributed by atoms with Crippen molar-refractivity contribution in [2.45, 2.75) is 25.9 Å². The molecule has 0 aromatic carbocycles. The molecule has 0 heterocycles. The number of hydrogen-bond acceptors (Lipinski definition) is 3. The van der Waals surface area contributed by atoms with Crippen molar-refractivity contribution in [2.24, 2.45) is 0 Å². The van der Waals surface area contributed by atoms with Crippen LogP contribution in [0.2, 0.25) is 0 Å².